The van der Waals surface area contributed by atoms with Crippen LogP contribution in [0.3, 0.4) is 0 Å². The standard InChI is InChI=1S/C9H18N2O2/c1-7(10)3-4-8(12)11-5-9(2,13)6-11/h7,13H,3-6,10H2,1-2H3. The first-order chi connectivity index (χ1) is 5.91. The number of likely N-dealkylation sites (tertiary alicyclic amines) is 1. The highest BCUT2D eigenvalue weighted by atomic mass is 16.3. The maximum absolute atomic E-state index is 11.4. The van der Waals surface area contributed by atoms with Crippen LogP contribution in [0.15, 0.2) is 0 Å². The van der Waals surface area contributed by atoms with E-state index in [0.717, 1.165) is 6.42 Å². The molecule has 1 amide bonds. The number of aliphatic hydroxyl groups is 1. The Morgan fingerprint density at radius 3 is 2.62 bits per heavy atom. The fourth-order valence-electron chi connectivity index (χ4n) is 1.46. The summed E-state index contributed by atoms with van der Waals surface area (Å²) in [7, 11) is 0. The van der Waals surface area contributed by atoms with E-state index in [0.29, 0.717) is 19.5 Å². The average molecular weight is 186 g/mol. The van der Waals surface area contributed by atoms with Crippen LogP contribution in [0.5, 0.6) is 0 Å². The number of carbonyl (C=O) groups is 1. The molecule has 0 spiro atoms. The molecule has 1 aliphatic heterocycles. The Kier molecular flexibility index (Phi) is 2.93. The molecule has 0 aromatic rings. The molecule has 3 N–H and O–H groups in total. The quantitative estimate of drug-likeness (QED) is 0.636. The Balaban J connectivity index is 2.20. The van der Waals surface area contributed by atoms with E-state index in [4.69, 9.17) is 5.73 Å². The van der Waals surface area contributed by atoms with Crippen molar-refractivity contribution < 1.29 is 9.90 Å². The van der Waals surface area contributed by atoms with Crippen LogP contribution in [0.1, 0.15) is 26.7 Å². The van der Waals surface area contributed by atoms with Crippen LogP contribution in [0.4, 0.5) is 0 Å². The molecule has 0 aliphatic carbocycles. The largest absolute Gasteiger partial charge is 0.386 e. The number of β-amino-alcohol motifs (C(OH)–C–C–N with tert-alkyl or cyclic N) is 1. The van der Waals surface area contributed by atoms with Crippen LogP contribution in [0.2, 0.25) is 0 Å². The molecule has 1 atom stereocenters. The van der Waals surface area contributed by atoms with Gasteiger partial charge in [-0.25, -0.2) is 0 Å². The summed E-state index contributed by atoms with van der Waals surface area (Å²) in [6.45, 7) is 4.55. The van der Waals surface area contributed by atoms with Gasteiger partial charge >= 0.3 is 0 Å². The van der Waals surface area contributed by atoms with E-state index >= 15 is 0 Å². The molecule has 1 saturated heterocycles. The summed E-state index contributed by atoms with van der Waals surface area (Å²) >= 11 is 0. The van der Waals surface area contributed by atoms with Crippen LogP contribution in [-0.2, 0) is 4.79 Å². The van der Waals surface area contributed by atoms with E-state index in [1.165, 1.54) is 0 Å². The number of nitrogens with zero attached hydrogens (tertiary/aromatic N) is 1. The maximum Gasteiger partial charge on any atom is 0.222 e. The van der Waals surface area contributed by atoms with Crippen molar-refractivity contribution in [3.63, 3.8) is 0 Å². The van der Waals surface area contributed by atoms with Crippen molar-refractivity contribution in [1.82, 2.24) is 4.90 Å². The smallest absolute Gasteiger partial charge is 0.222 e. The van der Waals surface area contributed by atoms with Gasteiger partial charge in [0.15, 0.2) is 0 Å². The van der Waals surface area contributed by atoms with E-state index in [1.54, 1.807) is 11.8 Å². The summed E-state index contributed by atoms with van der Waals surface area (Å²) in [5.41, 5.74) is 4.87. The van der Waals surface area contributed by atoms with Crippen molar-refractivity contribution in [3.05, 3.63) is 0 Å². The van der Waals surface area contributed by atoms with Gasteiger partial charge in [-0.05, 0) is 20.3 Å². The summed E-state index contributed by atoms with van der Waals surface area (Å²) in [6, 6.07) is 0.0748. The molecule has 0 radical (unpaired) electrons. The van der Waals surface area contributed by atoms with E-state index in [9.17, 15) is 9.90 Å². The topological polar surface area (TPSA) is 66.6 Å². The molecular weight excluding hydrogens is 168 g/mol. The Bertz CT molecular complexity index is 194. The van der Waals surface area contributed by atoms with Crippen molar-refractivity contribution in [2.24, 2.45) is 5.73 Å². The van der Waals surface area contributed by atoms with Gasteiger partial charge in [0.2, 0.25) is 5.91 Å². The predicted octanol–water partition coefficient (Wildman–Crippen LogP) is -0.293. The second-order valence-electron chi connectivity index (χ2n) is 4.26. The van der Waals surface area contributed by atoms with Gasteiger partial charge in [0.25, 0.3) is 0 Å². The molecule has 1 rings (SSSR count). The van der Waals surface area contributed by atoms with E-state index in [-0.39, 0.29) is 11.9 Å². The lowest BCUT2D eigenvalue weighted by atomic mass is 9.96. The summed E-state index contributed by atoms with van der Waals surface area (Å²) < 4.78 is 0. The van der Waals surface area contributed by atoms with Gasteiger partial charge in [-0.15, -0.1) is 0 Å². The minimum Gasteiger partial charge on any atom is -0.386 e. The number of rotatable bonds is 3. The second kappa shape index (κ2) is 3.64. The third kappa shape index (κ3) is 2.97. The zero-order valence-corrected chi connectivity index (χ0v) is 8.29. The first-order valence-electron chi connectivity index (χ1n) is 4.66. The van der Waals surface area contributed by atoms with Gasteiger partial charge < -0.3 is 15.7 Å². The molecule has 0 bridgehead atoms. The molecule has 13 heavy (non-hydrogen) atoms. The molecule has 1 aliphatic rings. The van der Waals surface area contributed by atoms with Gasteiger partial charge in [0.05, 0.1) is 18.7 Å². The summed E-state index contributed by atoms with van der Waals surface area (Å²) in [5, 5.41) is 9.39. The zero-order valence-electron chi connectivity index (χ0n) is 8.29. The molecule has 1 unspecified atom stereocenters. The fourth-order valence-corrected chi connectivity index (χ4v) is 1.46. The highest BCUT2D eigenvalue weighted by Gasteiger charge is 2.38. The summed E-state index contributed by atoms with van der Waals surface area (Å²) in [4.78, 5) is 13.0. The second-order valence-corrected chi connectivity index (χ2v) is 4.26. The minimum absolute atomic E-state index is 0.0748. The average Bonchev–Trinajstić information content (AvgIpc) is 1.95. The van der Waals surface area contributed by atoms with Crippen LogP contribution in [0, 0.1) is 0 Å². The molecule has 76 valence electrons. The molecule has 0 aromatic carbocycles. The number of amides is 1. The van der Waals surface area contributed by atoms with Crippen LogP contribution >= 0.6 is 0 Å². The van der Waals surface area contributed by atoms with Crippen LogP contribution < -0.4 is 5.73 Å². The number of hydrogen-bond donors (Lipinski definition) is 2. The maximum atomic E-state index is 11.4. The molecular formula is C9H18N2O2. The van der Waals surface area contributed by atoms with Crippen molar-refractivity contribution in [3.8, 4) is 0 Å². The predicted molar refractivity (Wildman–Crippen MR) is 50.1 cm³/mol. The zero-order chi connectivity index (χ0) is 10.1. The Labute approximate surface area is 78.7 Å². The molecule has 4 nitrogen and oxygen atoms in total. The van der Waals surface area contributed by atoms with E-state index in [2.05, 4.69) is 0 Å². The molecule has 0 saturated carbocycles. The molecule has 4 heteroatoms. The van der Waals surface area contributed by atoms with Gasteiger partial charge in [0, 0.05) is 12.5 Å². The SMILES string of the molecule is CC(N)CCC(=O)N1CC(C)(O)C1. The highest BCUT2D eigenvalue weighted by molar-refractivity contribution is 5.77. The Morgan fingerprint density at radius 1 is 1.69 bits per heavy atom. The minimum atomic E-state index is -0.663. The lowest BCUT2D eigenvalue weighted by Gasteiger charge is -2.44. The highest BCUT2D eigenvalue weighted by Crippen LogP contribution is 2.20. The van der Waals surface area contributed by atoms with Crippen LogP contribution in [-0.4, -0.2) is 40.6 Å². The summed E-state index contributed by atoms with van der Waals surface area (Å²) in [5.74, 6) is 0.101. The Hall–Kier alpha value is -0.610. The number of hydrogen-bond acceptors (Lipinski definition) is 3. The van der Waals surface area contributed by atoms with Gasteiger partial charge in [0.1, 0.15) is 0 Å². The lowest BCUT2D eigenvalue weighted by Crippen LogP contribution is -2.61. The van der Waals surface area contributed by atoms with Crippen molar-refractivity contribution >= 4 is 5.91 Å². The van der Waals surface area contributed by atoms with E-state index < -0.39 is 5.60 Å². The number of nitrogens with two attached hydrogens (primary N) is 1. The van der Waals surface area contributed by atoms with Crippen molar-refractivity contribution in [2.75, 3.05) is 13.1 Å². The van der Waals surface area contributed by atoms with Gasteiger partial charge in [-0.2, -0.15) is 0 Å². The Morgan fingerprint density at radius 2 is 2.23 bits per heavy atom. The van der Waals surface area contributed by atoms with Crippen LogP contribution in [0.25, 0.3) is 0 Å². The molecule has 0 aromatic heterocycles. The van der Waals surface area contributed by atoms with Crippen molar-refractivity contribution in [2.45, 2.75) is 38.3 Å². The van der Waals surface area contributed by atoms with Crippen molar-refractivity contribution in [1.29, 1.82) is 0 Å². The fraction of sp³-hybridized carbons (Fsp3) is 0.889. The lowest BCUT2D eigenvalue weighted by molar-refractivity contribution is -0.152. The molecule has 1 heterocycles. The monoisotopic (exact) mass is 186 g/mol. The normalized spacial score (nSPS) is 22.3. The first kappa shape index (κ1) is 10.5. The van der Waals surface area contributed by atoms with Gasteiger partial charge in [-0.3, -0.25) is 4.79 Å². The number of carbonyl (C=O) groups excluding carboxylic acids is 1. The van der Waals surface area contributed by atoms with E-state index in [1.807, 2.05) is 6.92 Å². The van der Waals surface area contributed by atoms with Gasteiger partial charge in [-0.1, -0.05) is 0 Å². The summed E-state index contributed by atoms with van der Waals surface area (Å²) in [6.07, 6.45) is 1.21. The molecule has 1 fully saturated rings. The third-order valence-electron chi connectivity index (χ3n) is 2.23. The third-order valence-corrected chi connectivity index (χ3v) is 2.23. The first-order valence-corrected chi connectivity index (χ1v) is 4.66.